The second kappa shape index (κ2) is 11.2. The van der Waals surface area contributed by atoms with Crippen molar-refractivity contribution in [3.63, 3.8) is 0 Å². The summed E-state index contributed by atoms with van der Waals surface area (Å²) in [6.45, 7) is 0.466. The fourth-order valence-electron chi connectivity index (χ4n) is 5.04. The van der Waals surface area contributed by atoms with E-state index in [-0.39, 0.29) is 18.1 Å². The maximum absolute atomic E-state index is 13.6. The van der Waals surface area contributed by atoms with Gasteiger partial charge >= 0.3 is 6.03 Å². The van der Waals surface area contributed by atoms with E-state index in [1.807, 2.05) is 84.6 Å². The molecular formula is C29H32N8O. The summed E-state index contributed by atoms with van der Waals surface area (Å²) in [6, 6.07) is 18.1. The van der Waals surface area contributed by atoms with E-state index in [0.29, 0.717) is 12.1 Å². The van der Waals surface area contributed by atoms with Crippen LogP contribution in [0.4, 0.5) is 16.3 Å². The number of hydrogen-bond acceptors (Lipinski definition) is 5. The zero-order valence-electron chi connectivity index (χ0n) is 21.7. The van der Waals surface area contributed by atoms with E-state index < -0.39 is 0 Å². The lowest BCUT2D eigenvalue weighted by atomic mass is 9.89. The molecule has 9 heteroatoms. The number of nitrogens with zero attached hydrogens (tertiary/aromatic N) is 6. The summed E-state index contributed by atoms with van der Waals surface area (Å²) in [5.41, 5.74) is 4.58. The van der Waals surface area contributed by atoms with E-state index in [1.54, 1.807) is 16.9 Å². The lowest BCUT2D eigenvalue weighted by Gasteiger charge is -2.37. The highest BCUT2D eigenvalue weighted by molar-refractivity contribution is 5.93. The molecule has 4 aromatic rings. The minimum absolute atomic E-state index is 0.0830. The molecule has 0 aliphatic heterocycles. The Balaban J connectivity index is 1.30. The fraction of sp³-hybridized carbons (Fsp3) is 0.310. The normalized spacial score (nSPS) is 17.0. The van der Waals surface area contributed by atoms with Crippen LogP contribution < -0.4 is 15.5 Å². The molecule has 0 radical (unpaired) electrons. The lowest BCUT2D eigenvalue weighted by molar-refractivity contribution is 0.240. The summed E-state index contributed by atoms with van der Waals surface area (Å²) < 4.78 is 3.80. The second-order valence-electron chi connectivity index (χ2n) is 9.78. The van der Waals surface area contributed by atoms with Gasteiger partial charge in [0.1, 0.15) is 11.9 Å². The average molecular weight is 509 g/mol. The summed E-state index contributed by atoms with van der Waals surface area (Å²) in [4.78, 5) is 19.9. The number of anilines is 2. The molecule has 1 aromatic carbocycles. The molecule has 9 nitrogen and oxygen atoms in total. The number of carbonyl (C=O) groups excluding carboxylic acids is 1. The predicted molar refractivity (Wildman–Crippen MR) is 147 cm³/mol. The van der Waals surface area contributed by atoms with Crippen LogP contribution in [0.2, 0.25) is 0 Å². The molecule has 0 spiro atoms. The van der Waals surface area contributed by atoms with E-state index >= 15 is 0 Å². The van der Waals surface area contributed by atoms with E-state index in [2.05, 4.69) is 26.8 Å². The molecule has 0 bridgehead atoms. The second-order valence-corrected chi connectivity index (χ2v) is 9.78. The van der Waals surface area contributed by atoms with Crippen LogP contribution in [0.15, 0.2) is 73.3 Å². The number of nitriles is 1. The number of pyridine rings is 1. The first-order valence-electron chi connectivity index (χ1n) is 12.9. The van der Waals surface area contributed by atoms with Crippen LogP contribution in [0.25, 0.3) is 11.1 Å². The maximum atomic E-state index is 13.6. The first kappa shape index (κ1) is 25.1. The van der Waals surface area contributed by atoms with E-state index in [1.165, 1.54) is 0 Å². The first-order valence-corrected chi connectivity index (χ1v) is 12.9. The van der Waals surface area contributed by atoms with Crippen molar-refractivity contribution in [3.05, 3.63) is 84.6 Å². The van der Waals surface area contributed by atoms with Crippen molar-refractivity contribution in [1.29, 1.82) is 5.26 Å². The smallest absolute Gasteiger partial charge is 0.322 e. The Morgan fingerprint density at radius 3 is 2.45 bits per heavy atom. The number of nitrogens with one attached hydrogen (secondary N) is 2. The fourth-order valence-corrected chi connectivity index (χ4v) is 5.04. The Morgan fingerprint density at radius 2 is 1.84 bits per heavy atom. The third-order valence-electron chi connectivity index (χ3n) is 7.18. The molecule has 1 saturated carbocycles. The van der Waals surface area contributed by atoms with Gasteiger partial charge in [-0.15, -0.1) is 0 Å². The zero-order valence-corrected chi connectivity index (χ0v) is 21.7. The highest BCUT2D eigenvalue weighted by Crippen LogP contribution is 2.31. The Bertz CT molecular complexity index is 1410. The molecular weight excluding hydrogens is 476 g/mol. The van der Waals surface area contributed by atoms with Crippen LogP contribution in [0.1, 0.15) is 36.9 Å². The van der Waals surface area contributed by atoms with E-state index in [9.17, 15) is 4.79 Å². The number of benzene rings is 1. The van der Waals surface area contributed by atoms with Gasteiger partial charge in [0.15, 0.2) is 0 Å². The number of aromatic nitrogens is 4. The molecule has 5 rings (SSSR count). The molecule has 2 N–H and O–H groups in total. The molecule has 1 aliphatic carbocycles. The van der Waals surface area contributed by atoms with Crippen molar-refractivity contribution in [2.75, 3.05) is 10.2 Å². The minimum atomic E-state index is -0.0921. The summed E-state index contributed by atoms with van der Waals surface area (Å²) in [6.07, 6.45) is 11.0. The number of rotatable bonds is 7. The van der Waals surface area contributed by atoms with Crippen LogP contribution in [0.5, 0.6) is 0 Å². The Labute approximate surface area is 222 Å². The van der Waals surface area contributed by atoms with Crippen molar-refractivity contribution >= 4 is 17.5 Å². The van der Waals surface area contributed by atoms with Gasteiger partial charge < -0.3 is 15.2 Å². The van der Waals surface area contributed by atoms with Crippen molar-refractivity contribution in [2.24, 2.45) is 14.1 Å². The minimum Gasteiger partial charge on any atom is -0.367 e. The molecule has 0 saturated heterocycles. The van der Waals surface area contributed by atoms with Crippen molar-refractivity contribution < 1.29 is 4.79 Å². The van der Waals surface area contributed by atoms with E-state index in [4.69, 9.17) is 5.26 Å². The Kier molecular flexibility index (Phi) is 7.40. The van der Waals surface area contributed by atoms with Gasteiger partial charge in [-0.25, -0.2) is 9.78 Å². The van der Waals surface area contributed by atoms with Gasteiger partial charge in [0, 0.05) is 61.7 Å². The van der Waals surface area contributed by atoms with E-state index in [0.717, 1.165) is 54.0 Å². The summed E-state index contributed by atoms with van der Waals surface area (Å²) in [5.74, 6) is 0.774. The van der Waals surface area contributed by atoms with Crippen LogP contribution in [-0.4, -0.2) is 37.4 Å². The number of aryl methyl sites for hydroxylation is 2. The quantitative estimate of drug-likeness (QED) is 0.372. The maximum Gasteiger partial charge on any atom is 0.322 e. The van der Waals surface area contributed by atoms with Gasteiger partial charge in [-0.2, -0.15) is 10.4 Å². The number of carbonyl (C=O) groups is 1. The van der Waals surface area contributed by atoms with Gasteiger partial charge in [0.25, 0.3) is 0 Å². The van der Waals surface area contributed by atoms with Gasteiger partial charge in [-0.05, 0) is 67.6 Å². The van der Waals surface area contributed by atoms with Gasteiger partial charge in [0.05, 0.1) is 18.3 Å². The largest absolute Gasteiger partial charge is 0.367 e. The molecule has 1 aliphatic rings. The zero-order chi connectivity index (χ0) is 26.5. The van der Waals surface area contributed by atoms with Gasteiger partial charge in [0.2, 0.25) is 0 Å². The topological polar surface area (TPSA) is 104 Å². The van der Waals surface area contributed by atoms with Crippen LogP contribution in [-0.2, 0) is 20.6 Å². The van der Waals surface area contributed by atoms with Crippen molar-refractivity contribution in [1.82, 2.24) is 24.6 Å². The van der Waals surface area contributed by atoms with Gasteiger partial charge in [-0.3, -0.25) is 9.58 Å². The Hall–Kier alpha value is -4.58. The molecule has 0 unspecified atom stereocenters. The molecule has 2 amide bonds. The standard InChI is InChI=1S/C29H32N8O/c1-35-15-3-4-27(35)19-32-29(38)37(25-10-6-22(7-11-25)23-18-33-36(2)20-23)26-12-8-24(9-13-26)34-28-14-5-21(16-30)17-31-28/h3-7,10-11,14-15,17-18,20,24,26H,8-9,12-13,19H2,1-2H3,(H,31,34)(H,32,38)/t24-,26-. The highest BCUT2D eigenvalue weighted by Gasteiger charge is 2.30. The molecule has 194 valence electrons. The number of hydrogen-bond donors (Lipinski definition) is 2. The number of urea groups is 1. The first-order chi connectivity index (χ1) is 18.5. The van der Waals surface area contributed by atoms with Crippen LogP contribution >= 0.6 is 0 Å². The SMILES string of the molecule is Cn1cc(-c2ccc(N(C(=O)NCc3cccn3C)[C@H]3CC[C@H](Nc4ccc(C#N)cn4)CC3)cc2)cn1. The van der Waals surface area contributed by atoms with Crippen molar-refractivity contribution in [3.8, 4) is 17.2 Å². The molecule has 3 aromatic heterocycles. The molecule has 0 atom stereocenters. The number of amides is 2. The molecule has 38 heavy (non-hydrogen) atoms. The van der Waals surface area contributed by atoms with Gasteiger partial charge in [-0.1, -0.05) is 12.1 Å². The molecule has 3 heterocycles. The Morgan fingerprint density at radius 1 is 1.05 bits per heavy atom. The summed E-state index contributed by atoms with van der Waals surface area (Å²) >= 11 is 0. The third-order valence-corrected chi connectivity index (χ3v) is 7.18. The summed E-state index contributed by atoms with van der Waals surface area (Å²) in [5, 5.41) is 19.9. The van der Waals surface area contributed by atoms with Crippen LogP contribution in [0, 0.1) is 11.3 Å². The molecule has 1 fully saturated rings. The third kappa shape index (κ3) is 5.70. The average Bonchev–Trinajstić information content (AvgIpc) is 3.57. The highest BCUT2D eigenvalue weighted by atomic mass is 16.2. The summed E-state index contributed by atoms with van der Waals surface area (Å²) in [7, 11) is 3.88. The predicted octanol–water partition coefficient (Wildman–Crippen LogP) is 4.83. The van der Waals surface area contributed by atoms with Crippen molar-refractivity contribution in [2.45, 2.75) is 44.3 Å². The van der Waals surface area contributed by atoms with Crippen LogP contribution in [0.3, 0.4) is 0 Å². The lowest BCUT2D eigenvalue weighted by Crippen LogP contribution is -2.48. The monoisotopic (exact) mass is 508 g/mol.